The molecule has 0 spiro atoms. The summed E-state index contributed by atoms with van der Waals surface area (Å²) in [5.41, 5.74) is 3.54. The number of aromatic nitrogens is 6. The first-order valence-electron chi connectivity index (χ1n) is 8.14. The van der Waals surface area contributed by atoms with Crippen LogP contribution in [0, 0.1) is 6.92 Å². The van der Waals surface area contributed by atoms with E-state index in [0.29, 0.717) is 17.0 Å². The van der Waals surface area contributed by atoms with Crippen LogP contribution in [0.25, 0.3) is 28.3 Å². The molecule has 0 fully saturated rings. The van der Waals surface area contributed by atoms with Crippen LogP contribution in [0.3, 0.4) is 0 Å². The highest BCUT2D eigenvalue weighted by molar-refractivity contribution is 5.73. The molecule has 7 nitrogen and oxygen atoms in total. The van der Waals surface area contributed by atoms with Crippen LogP contribution in [0.5, 0.6) is 0 Å². The molecular formula is C18H18N6O. The van der Waals surface area contributed by atoms with Gasteiger partial charge in [0.2, 0.25) is 0 Å². The molecule has 126 valence electrons. The minimum atomic E-state index is -0.192. The lowest BCUT2D eigenvalue weighted by atomic mass is 10.1. The first kappa shape index (κ1) is 15.3. The van der Waals surface area contributed by atoms with Gasteiger partial charge in [-0.2, -0.15) is 5.10 Å². The van der Waals surface area contributed by atoms with E-state index in [9.17, 15) is 4.79 Å². The van der Waals surface area contributed by atoms with Crippen molar-refractivity contribution in [2.45, 2.75) is 26.8 Å². The molecule has 4 aromatic rings. The van der Waals surface area contributed by atoms with Crippen LogP contribution in [0.2, 0.25) is 0 Å². The molecular weight excluding hydrogens is 316 g/mol. The molecule has 0 atom stereocenters. The van der Waals surface area contributed by atoms with E-state index in [1.54, 1.807) is 10.7 Å². The Balaban J connectivity index is 1.89. The van der Waals surface area contributed by atoms with Gasteiger partial charge in [0.15, 0.2) is 5.82 Å². The lowest BCUT2D eigenvalue weighted by Crippen LogP contribution is -2.14. The number of nitrogens with one attached hydrogen (secondary N) is 1. The minimum Gasteiger partial charge on any atom is -0.302 e. The zero-order chi connectivity index (χ0) is 17.6. The molecule has 1 N–H and O–H groups in total. The Morgan fingerprint density at radius 1 is 1.12 bits per heavy atom. The predicted molar refractivity (Wildman–Crippen MR) is 95.4 cm³/mol. The number of fused-ring (bicyclic) bond motifs is 1. The van der Waals surface area contributed by atoms with Crippen LogP contribution < -0.4 is 5.56 Å². The van der Waals surface area contributed by atoms with E-state index in [2.05, 4.69) is 34.0 Å². The maximum absolute atomic E-state index is 12.6. The maximum Gasteiger partial charge on any atom is 0.275 e. The minimum absolute atomic E-state index is 0.192. The monoisotopic (exact) mass is 334 g/mol. The average molecular weight is 334 g/mol. The summed E-state index contributed by atoms with van der Waals surface area (Å²) in [5.74, 6) is 0.437. The molecule has 0 radical (unpaired) electrons. The van der Waals surface area contributed by atoms with Crippen LogP contribution in [-0.4, -0.2) is 29.4 Å². The van der Waals surface area contributed by atoms with Crippen LogP contribution in [0.15, 0.2) is 47.7 Å². The third kappa shape index (κ3) is 2.53. The first-order chi connectivity index (χ1) is 12.0. The Hall–Kier alpha value is -3.22. The van der Waals surface area contributed by atoms with Gasteiger partial charge in [0.25, 0.3) is 5.56 Å². The normalized spacial score (nSPS) is 11.5. The fourth-order valence-electron chi connectivity index (χ4n) is 2.88. The molecule has 0 saturated heterocycles. The van der Waals surface area contributed by atoms with Crippen molar-refractivity contribution in [3.8, 4) is 22.8 Å². The molecule has 4 rings (SSSR count). The van der Waals surface area contributed by atoms with Crippen LogP contribution in [-0.2, 0) is 0 Å². The van der Waals surface area contributed by atoms with Gasteiger partial charge in [0.1, 0.15) is 11.2 Å². The summed E-state index contributed by atoms with van der Waals surface area (Å²) in [6.45, 7) is 6.06. The molecule has 0 saturated carbocycles. The van der Waals surface area contributed by atoms with Gasteiger partial charge in [-0.3, -0.25) is 14.5 Å². The van der Waals surface area contributed by atoms with E-state index in [4.69, 9.17) is 0 Å². The summed E-state index contributed by atoms with van der Waals surface area (Å²) >= 11 is 0. The number of hydrogen-bond donors (Lipinski definition) is 1. The molecule has 0 unspecified atom stereocenters. The van der Waals surface area contributed by atoms with Gasteiger partial charge >= 0.3 is 0 Å². The molecule has 0 aliphatic heterocycles. The fourth-order valence-corrected chi connectivity index (χ4v) is 2.88. The van der Waals surface area contributed by atoms with Crippen molar-refractivity contribution < 1.29 is 0 Å². The summed E-state index contributed by atoms with van der Waals surface area (Å²) in [4.78, 5) is 19.6. The van der Waals surface area contributed by atoms with Gasteiger partial charge in [-0.25, -0.2) is 4.52 Å². The Bertz CT molecular complexity index is 1100. The van der Waals surface area contributed by atoms with E-state index >= 15 is 0 Å². The summed E-state index contributed by atoms with van der Waals surface area (Å²) < 4.78 is 3.51. The standard InChI is InChI=1S/C18H18N6O/c1-11(2)23-9-7-14(21-23)13-10-24-16(12(13)3)18(25)20-17(22-24)15-6-4-5-8-19-15/h4-11H,1-3H3,(H,20,22,25). The van der Waals surface area contributed by atoms with Gasteiger partial charge in [0.05, 0.1) is 5.69 Å². The van der Waals surface area contributed by atoms with Gasteiger partial charge in [0, 0.05) is 30.2 Å². The average Bonchev–Trinajstić information content (AvgIpc) is 3.21. The molecule has 4 aromatic heterocycles. The number of nitrogens with zero attached hydrogens (tertiary/aromatic N) is 5. The van der Waals surface area contributed by atoms with Crippen LogP contribution in [0.4, 0.5) is 0 Å². The van der Waals surface area contributed by atoms with Crippen molar-refractivity contribution in [3.05, 3.63) is 58.8 Å². The zero-order valence-corrected chi connectivity index (χ0v) is 14.3. The molecule has 25 heavy (non-hydrogen) atoms. The van der Waals surface area contributed by atoms with Crippen molar-refractivity contribution in [3.63, 3.8) is 0 Å². The summed E-state index contributed by atoms with van der Waals surface area (Å²) in [7, 11) is 0. The van der Waals surface area contributed by atoms with Gasteiger partial charge in [-0.15, -0.1) is 5.10 Å². The van der Waals surface area contributed by atoms with Crippen molar-refractivity contribution in [2.24, 2.45) is 0 Å². The van der Waals surface area contributed by atoms with Crippen molar-refractivity contribution >= 4 is 5.52 Å². The predicted octanol–water partition coefficient (Wildman–Crippen LogP) is 2.84. The second-order valence-corrected chi connectivity index (χ2v) is 6.25. The smallest absolute Gasteiger partial charge is 0.275 e. The van der Waals surface area contributed by atoms with Gasteiger partial charge < -0.3 is 4.98 Å². The molecule has 4 heterocycles. The zero-order valence-electron chi connectivity index (χ0n) is 14.3. The second-order valence-electron chi connectivity index (χ2n) is 6.25. The van der Waals surface area contributed by atoms with E-state index in [-0.39, 0.29) is 11.6 Å². The summed E-state index contributed by atoms with van der Waals surface area (Å²) in [5, 5.41) is 9.12. The van der Waals surface area contributed by atoms with E-state index in [0.717, 1.165) is 16.8 Å². The maximum atomic E-state index is 12.6. The highest BCUT2D eigenvalue weighted by Crippen LogP contribution is 2.25. The van der Waals surface area contributed by atoms with E-state index < -0.39 is 0 Å². The highest BCUT2D eigenvalue weighted by atomic mass is 16.1. The number of H-pyrrole nitrogens is 1. The van der Waals surface area contributed by atoms with Crippen LogP contribution in [0.1, 0.15) is 25.5 Å². The van der Waals surface area contributed by atoms with E-state index in [1.807, 2.05) is 48.3 Å². The Kier molecular flexibility index (Phi) is 3.49. The Labute approximate surface area is 144 Å². The lowest BCUT2D eigenvalue weighted by Gasteiger charge is -2.03. The Morgan fingerprint density at radius 2 is 1.96 bits per heavy atom. The molecule has 0 amide bonds. The quantitative estimate of drug-likeness (QED) is 0.625. The third-order valence-electron chi connectivity index (χ3n) is 4.22. The molecule has 0 bridgehead atoms. The summed E-state index contributed by atoms with van der Waals surface area (Å²) in [6.07, 6.45) is 5.46. The second kappa shape index (κ2) is 5.70. The SMILES string of the molecule is Cc1c(-c2ccn(C(C)C)n2)cn2nc(-c3ccccn3)[nH]c(=O)c12. The van der Waals surface area contributed by atoms with Crippen molar-refractivity contribution in [1.82, 2.24) is 29.4 Å². The fraction of sp³-hybridized carbons (Fsp3) is 0.222. The third-order valence-corrected chi connectivity index (χ3v) is 4.22. The molecule has 7 heteroatoms. The topological polar surface area (TPSA) is 80.9 Å². The van der Waals surface area contributed by atoms with Crippen LogP contribution >= 0.6 is 0 Å². The van der Waals surface area contributed by atoms with Gasteiger partial charge in [-0.05, 0) is 44.5 Å². The number of rotatable bonds is 3. The highest BCUT2D eigenvalue weighted by Gasteiger charge is 2.16. The van der Waals surface area contributed by atoms with E-state index in [1.165, 1.54) is 0 Å². The lowest BCUT2D eigenvalue weighted by molar-refractivity contribution is 0.534. The number of aryl methyl sites for hydroxylation is 1. The first-order valence-corrected chi connectivity index (χ1v) is 8.14. The molecule has 0 aromatic carbocycles. The van der Waals surface area contributed by atoms with Gasteiger partial charge in [-0.1, -0.05) is 6.07 Å². The number of aromatic amines is 1. The molecule has 0 aliphatic rings. The molecule has 0 aliphatic carbocycles. The van der Waals surface area contributed by atoms with Crippen molar-refractivity contribution in [2.75, 3.05) is 0 Å². The number of hydrogen-bond acceptors (Lipinski definition) is 4. The number of pyridine rings is 1. The Morgan fingerprint density at radius 3 is 2.64 bits per heavy atom. The van der Waals surface area contributed by atoms with Crippen molar-refractivity contribution in [1.29, 1.82) is 0 Å². The largest absolute Gasteiger partial charge is 0.302 e. The summed E-state index contributed by atoms with van der Waals surface area (Å²) in [6, 6.07) is 7.73.